The zero-order chi connectivity index (χ0) is 13.1. The normalized spacial score (nSPS) is 13.0. The van der Waals surface area contributed by atoms with E-state index in [-0.39, 0.29) is 11.3 Å². The average molecular weight is 245 g/mol. The average Bonchev–Trinajstić information content (AvgIpc) is 2.31. The molecule has 0 aliphatic carbocycles. The van der Waals surface area contributed by atoms with Crippen molar-refractivity contribution >= 4 is 5.84 Å². The molecule has 0 saturated carbocycles. The molecule has 0 aliphatic heterocycles. The molecule has 0 fully saturated rings. The third-order valence-electron chi connectivity index (χ3n) is 2.72. The molecule has 17 heavy (non-hydrogen) atoms. The molecule has 0 aromatic carbocycles. The zero-order valence-corrected chi connectivity index (χ0v) is 11.3. The van der Waals surface area contributed by atoms with Crippen molar-refractivity contribution < 1.29 is 9.94 Å². The van der Waals surface area contributed by atoms with Crippen LogP contribution in [0.25, 0.3) is 0 Å². The molecule has 0 amide bonds. The fourth-order valence-electron chi connectivity index (χ4n) is 1.33. The molecule has 0 radical (unpaired) electrons. The van der Waals surface area contributed by atoms with Gasteiger partial charge in [-0.15, -0.1) is 0 Å². The number of oxime groups is 1. The molecule has 0 aliphatic rings. The molecule has 102 valence electrons. The van der Waals surface area contributed by atoms with Crippen molar-refractivity contribution in [3.05, 3.63) is 0 Å². The van der Waals surface area contributed by atoms with Gasteiger partial charge in [-0.25, -0.2) is 0 Å². The van der Waals surface area contributed by atoms with Gasteiger partial charge in [0.15, 0.2) is 0 Å². The van der Waals surface area contributed by atoms with Crippen molar-refractivity contribution in [3.8, 4) is 0 Å². The second-order valence-electron chi connectivity index (χ2n) is 4.84. The molecule has 5 nitrogen and oxygen atoms in total. The Balaban J connectivity index is 3.45. The van der Waals surface area contributed by atoms with Crippen molar-refractivity contribution in [3.63, 3.8) is 0 Å². The van der Waals surface area contributed by atoms with Gasteiger partial charge in [-0.05, 0) is 32.4 Å². The Hall–Kier alpha value is -0.810. The lowest BCUT2D eigenvalue weighted by Gasteiger charge is -2.22. The smallest absolute Gasteiger partial charge is 0.144 e. The predicted octanol–water partition coefficient (Wildman–Crippen LogP) is 1.56. The standard InChI is InChI=1S/C12H27N3O2/c1-4-9-17-10-5-7-14-8-6-12(2,3)11(13)15-16/h14,16H,4-10H2,1-3H3,(H2,13,15). The first-order chi connectivity index (χ1) is 8.04. The fraction of sp³-hybridized carbons (Fsp3) is 0.917. The highest BCUT2D eigenvalue weighted by molar-refractivity contribution is 5.85. The van der Waals surface area contributed by atoms with Crippen molar-refractivity contribution in [1.82, 2.24) is 5.32 Å². The fourth-order valence-corrected chi connectivity index (χ4v) is 1.33. The van der Waals surface area contributed by atoms with Gasteiger partial charge in [0, 0.05) is 18.6 Å². The Bertz CT molecular complexity index is 218. The molecule has 0 rings (SSSR count). The lowest BCUT2D eigenvalue weighted by Crippen LogP contribution is -2.35. The van der Waals surface area contributed by atoms with Crippen molar-refractivity contribution in [1.29, 1.82) is 0 Å². The van der Waals surface area contributed by atoms with E-state index in [0.29, 0.717) is 0 Å². The Morgan fingerprint density at radius 1 is 1.35 bits per heavy atom. The highest BCUT2D eigenvalue weighted by Gasteiger charge is 2.22. The summed E-state index contributed by atoms with van der Waals surface area (Å²) in [5.74, 6) is 0.283. The van der Waals surface area contributed by atoms with E-state index in [1.165, 1.54) is 0 Å². The van der Waals surface area contributed by atoms with E-state index >= 15 is 0 Å². The van der Waals surface area contributed by atoms with Crippen LogP contribution in [0.5, 0.6) is 0 Å². The van der Waals surface area contributed by atoms with Crippen LogP contribution < -0.4 is 11.1 Å². The van der Waals surface area contributed by atoms with Gasteiger partial charge in [-0.2, -0.15) is 0 Å². The number of nitrogens with one attached hydrogen (secondary N) is 1. The molecule has 0 saturated heterocycles. The molecule has 0 heterocycles. The maximum Gasteiger partial charge on any atom is 0.144 e. The Labute approximate surface area is 104 Å². The van der Waals surface area contributed by atoms with Crippen molar-refractivity contribution in [2.45, 2.75) is 40.0 Å². The highest BCUT2D eigenvalue weighted by Crippen LogP contribution is 2.19. The summed E-state index contributed by atoms with van der Waals surface area (Å²) in [4.78, 5) is 0. The number of hydrogen-bond donors (Lipinski definition) is 3. The van der Waals surface area contributed by atoms with Crippen LogP contribution in [0.3, 0.4) is 0 Å². The van der Waals surface area contributed by atoms with Gasteiger partial charge in [0.2, 0.25) is 0 Å². The van der Waals surface area contributed by atoms with Crippen molar-refractivity contribution in [2.24, 2.45) is 16.3 Å². The number of ether oxygens (including phenoxy) is 1. The van der Waals surface area contributed by atoms with Gasteiger partial charge < -0.3 is 21.0 Å². The molecule has 0 aromatic heterocycles. The monoisotopic (exact) mass is 245 g/mol. The minimum absolute atomic E-state index is 0.263. The van der Waals surface area contributed by atoms with Gasteiger partial charge in [0.25, 0.3) is 0 Å². The molecular formula is C12H27N3O2. The molecule has 0 unspecified atom stereocenters. The Morgan fingerprint density at radius 2 is 2.06 bits per heavy atom. The predicted molar refractivity (Wildman–Crippen MR) is 70.4 cm³/mol. The van der Waals surface area contributed by atoms with Gasteiger partial charge in [-0.3, -0.25) is 0 Å². The highest BCUT2D eigenvalue weighted by atomic mass is 16.5. The molecular weight excluding hydrogens is 218 g/mol. The largest absolute Gasteiger partial charge is 0.409 e. The number of nitrogens with two attached hydrogens (primary N) is 1. The molecule has 0 atom stereocenters. The summed E-state index contributed by atoms with van der Waals surface area (Å²) in [6.45, 7) is 9.49. The minimum Gasteiger partial charge on any atom is -0.409 e. The van der Waals surface area contributed by atoms with E-state index in [4.69, 9.17) is 15.7 Å². The summed E-state index contributed by atoms with van der Waals surface area (Å²) in [5.41, 5.74) is 5.34. The first-order valence-corrected chi connectivity index (χ1v) is 6.31. The van der Waals surface area contributed by atoms with E-state index in [2.05, 4.69) is 17.4 Å². The number of amidine groups is 1. The van der Waals surface area contributed by atoms with Gasteiger partial charge in [-0.1, -0.05) is 25.9 Å². The van der Waals surface area contributed by atoms with Gasteiger partial charge >= 0.3 is 0 Å². The third kappa shape index (κ3) is 7.99. The van der Waals surface area contributed by atoms with Crippen LogP contribution in [0.15, 0.2) is 5.16 Å². The van der Waals surface area contributed by atoms with E-state index < -0.39 is 0 Å². The number of rotatable bonds is 10. The number of hydrogen-bond acceptors (Lipinski definition) is 4. The summed E-state index contributed by atoms with van der Waals surface area (Å²) >= 11 is 0. The molecule has 4 N–H and O–H groups in total. The van der Waals surface area contributed by atoms with E-state index in [1.54, 1.807) is 0 Å². The summed E-state index contributed by atoms with van der Waals surface area (Å²) in [6, 6.07) is 0. The van der Waals surface area contributed by atoms with Crippen LogP contribution in [-0.2, 0) is 4.74 Å². The topological polar surface area (TPSA) is 79.9 Å². The number of nitrogens with zero attached hydrogens (tertiary/aromatic N) is 1. The second kappa shape index (κ2) is 9.24. The van der Waals surface area contributed by atoms with E-state index in [9.17, 15) is 0 Å². The lowest BCUT2D eigenvalue weighted by atomic mass is 9.88. The first-order valence-electron chi connectivity index (χ1n) is 6.31. The van der Waals surface area contributed by atoms with Gasteiger partial charge in [0.05, 0.1) is 0 Å². The Morgan fingerprint density at radius 3 is 2.65 bits per heavy atom. The SMILES string of the molecule is CCCOCCCNCCC(C)(C)C(N)=NO. The van der Waals surface area contributed by atoms with Gasteiger partial charge in [0.1, 0.15) is 5.84 Å². The van der Waals surface area contributed by atoms with Crippen LogP contribution in [0.1, 0.15) is 40.0 Å². The Kier molecular flexibility index (Phi) is 8.80. The summed E-state index contributed by atoms with van der Waals surface area (Å²) in [7, 11) is 0. The van der Waals surface area contributed by atoms with Crippen LogP contribution in [0, 0.1) is 5.41 Å². The zero-order valence-electron chi connectivity index (χ0n) is 11.3. The molecule has 5 heteroatoms. The maximum absolute atomic E-state index is 8.62. The summed E-state index contributed by atoms with van der Waals surface area (Å²) in [6.07, 6.45) is 2.93. The third-order valence-corrected chi connectivity index (χ3v) is 2.72. The second-order valence-corrected chi connectivity index (χ2v) is 4.84. The van der Waals surface area contributed by atoms with E-state index in [0.717, 1.165) is 45.6 Å². The first kappa shape index (κ1) is 16.2. The minimum atomic E-state index is -0.263. The van der Waals surface area contributed by atoms with Crippen molar-refractivity contribution in [2.75, 3.05) is 26.3 Å². The molecule has 0 spiro atoms. The summed E-state index contributed by atoms with van der Waals surface area (Å²) in [5, 5.41) is 15.0. The van der Waals surface area contributed by atoms with Crippen LogP contribution >= 0.6 is 0 Å². The van der Waals surface area contributed by atoms with Crippen LogP contribution in [-0.4, -0.2) is 37.3 Å². The van der Waals surface area contributed by atoms with Crippen LogP contribution in [0.4, 0.5) is 0 Å². The lowest BCUT2D eigenvalue weighted by molar-refractivity contribution is 0.132. The van der Waals surface area contributed by atoms with E-state index in [1.807, 2.05) is 13.8 Å². The summed E-state index contributed by atoms with van der Waals surface area (Å²) < 4.78 is 5.37. The molecule has 0 bridgehead atoms. The molecule has 0 aromatic rings. The van der Waals surface area contributed by atoms with Crippen LogP contribution in [0.2, 0.25) is 0 Å². The maximum atomic E-state index is 8.62. The quantitative estimate of drug-likeness (QED) is 0.179.